The Bertz CT molecular complexity index is 1810. The lowest BCUT2D eigenvalue weighted by Gasteiger charge is -2.28. The van der Waals surface area contributed by atoms with Gasteiger partial charge in [0.2, 0.25) is 5.91 Å². The molecular formula is C30H24F4N2O8S. The number of fused-ring (bicyclic) bond motifs is 2. The van der Waals surface area contributed by atoms with E-state index in [1.165, 1.54) is 37.4 Å². The van der Waals surface area contributed by atoms with Crippen molar-refractivity contribution >= 4 is 33.3 Å². The summed E-state index contributed by atoms with van der Waals surface area (Å²) in [4.78, 5) is 36.9. The van der Waals surface area contributed by atoms with E-state index in [0.717, 1.165) is 24.3 Å². The number of carboxylic acids is 1. The monoisotopic (exact) mass is 648 g/mol. The fourth-order valence-electron chi connectivity index (χ4n) is 5.46. The van der Waals surface area contributed by atoms with E-state index in [4.69, 9.17) is 14.6 Å². The molecule has 5 rings (SSSR count). The Hall–Kier alpha value is -4.92. The first-order chi connectivity index (χ1) is 21.2. The number of allylic oxidation sites excluding steroid dienone is 1. The number of anilines is 1. The minimum atomic E-state index is -5.65. The second-order valence-corrected chi connectivity index (χ2v) is 12.3. The topological polar surface area (TPSA) is 148 Å². The van der Waals surface area contributed by atoms with Gasteiger partial charge in [-0.2, -0.15) is 13.2 Å². The van der Waals surface area contributed by atoms with Crippen molar-refractivity contribution in [1.29, 1.82) is 0 Å². The Kier molecular flexibility index (Phi) is 8.31. The van der Waals surface area contributed by atoms with Crippen LogP contribution in [0.2, 0.25) is 0 Å². The van der Waals surface area contributed by atoms with Gasteiger partial charge in [0.1, 0.15) is 11.5 Å². The summed E-state index contributed by atoms with van der Waals surface area (Å²) in [6.07, 6.45) is 4.11. The third-order valence-electron chi connectivity index (χ3n) is 7.60. The Labute approximate surface area is 253 Å². The molecule has 1 saturated carbocycles. The van der Waals surface area contributed by atoms with Gasteiger partial charge < -0.3 is 25.2 Å². The summed E-state index contributed by atoms with van der Waals surface area (Å²) in [5.74, 6) is -5.31. The van der Waals surface area contributed by atoms with Crippen molar-refractivity contribution in [2.75, 3.05) is 12.4 Å². The molecule has 15 heteroatoms. The number of benzene rings is 3. The normalized spacial score (nSPS) is 20.5. The second kappa shape index (κ2) is 11.9. The number of methoxy groups -OCH3 is 1. The SMILES string of the molecule is COc1cc(F)c(Oc2ccc(C(=O)O)cc2)cc1C(=O)N[C@@H]1[C@H](C(=O)Nc2cccc(S(=O)(=O)C(F)(F)F)c2)[C@H]2C=C[C@@H]1C2. The number of ether oxygens (including phenoxy) is 2. The Morgan fingerprint density at radius 1 is 0.956 bits per heavy atom. The van der Waals surface area contributed by atoms with Crippen molar-refractivity contribution < 1.29 is 54.9 Å². The van der Waals surface area contributed by atoms with Gasteiger partial charge in [0, 0.05) is 23.9 Å². The third kappa shape index (κ3) is 6.20. The maximum Gasteiger partial charge on any atom is 0.501 e. The molecule has 3 aromatic carbocycles. The molecule has 0 aliphatic heterocycles. The predicted octanol–water partition coefficient (Wildman–Crippen LogP) is 5.18. The van der Waals surface area contributed by atoms with Crippen LogP contribution in [0.3, 0.4) is 0 Å². The smallest absolute Gasteiger partial charge is 0.496 e. The van der Waals surface area contributed by atoms with Gasteiger partial charge >= 0.3 is 11.5 Å². The van der Waals surface area contributed by atoms with Crippen LogP contribution in [0.4, 0.5) is 23.2 Å². The van der Waals surface area contributed by atoms with Crippen LogP contribution in [-0.2, 0) is 14.6 Å². The zero-order valence-electron chi connectivity index (χ0n) is 23.2. The second-order valence-electron chi connectivity index (χ2n) is 10.4. The molecule has 2 bridgehead atoms. The van der Waals surface area contributed by atoms with Crippen molar-refractivity contribution in [2.24, 2.45) is 17.8 Å². The van der Waals surface area contributed by atoms with Crippen LogP contribution in [0.25, 0.3) is 0 Å². The molecule has 2 amide bonds. The summed E-state index contributed by atoms with van der Waals surface area (Å²) in [5, 5.41) is 14.3. The summed E-state index contributed by atoms with van der Waals surface area (Å²) in [6.45, 7) is 0. The zero-order chi connectivity index (χ0) is 32.7. The quantitative estimate of drug-likeness (QED) is 0.213. The summed E-state index contributed by atoms with van der Waals surface area (Å²) < 4.78 is 88.4. The van der Waals surface area contributed by atoms with Gasteiger partial charge in [0.05, 0.1) is 29.1 Å². The molecule has 2 aliphatic rings. The van der Waals surface area contributed by atoms with Gasteiger partial charge in [0.15, 0.2) is 11.6 Å². The molecule has 2 aliphatic carbocycles. The molecule has 236 valence electrons. The zero-order valence-corrected chi connectivity index (χ0v) is 24.0. The van der Waals surface area contributed by atoms with Gasteiger partial charge in [-0.1, -0.05) is 18.2 Å². The maximum absolute atomic E-state index is 14.9. The molecule has 0 spiro atoms. The number of carboxylic acid groups (broad SMARTS) is 1. The van der Waals surface area contributed by atoms with E-state index in [9.17, 15) is 40.4 Å². The number of hydrogen-bond acceptors (Lipinski definition) is 7. The van der Waals surface area contributed by atoms with Gasteiger partial charge in [-0.15, -0.1) is 0 Å². The van der Waals surface area contributed by atoms with E-state index in [1.807, 2.05) is 6.08 Å². The minimum absolute atomic E-state index is 0.0184. The Balaban J connectivity index is 1.36. The number of carbonyl (C=O) groups is 3. The molecule has 4 atom stereocenters. The van der Waals surface area contributed by atoms with E-state index < -0.39 is 55.8 Å². The molecule has 0 heterocycles. The van der Waals surface area contributed by atoms with E-state index in [1.54, 1.807) is 6.08 Å². The van der Waals surface area contributed by atoms with E-state index in [2.05, 4.69) is 10.6 Å². The fourth-order valence-corrected chi connectivity index (χ4v) is 6.27. The number of aromatic carboxylic acids is 1. The molecule has 0 saturated heterocycles. The molecule has 10 nitrogen and oxygen atoms in total. The molecule has 0 radical (unpaired) electrons. The number of halogens is 4. The van der Waals surface area contributed by atoms with Crippen LogP contribution < -0.4 is 20.1 Å². The van der Waals surface area contributed by atoms with Crippen LogP contribution in [0.1, 0.15) is 27.1 Å². The fraction of sp³-hybridized carbons (Fsp3) is 0.233. The molecule has 3 aromatic rings. The average Bonchev–Trinajstić information content (AvgIpc) is 3.60. The van der Waals surface area contributed by atoms with Crippen LogP contribution in [0.5, 0.6) is 17.2 Å². The van der Waals surface area contributed by atoms with Crippen molar-refractivity contribution in [2.45, 2.75) is 22.9 Å². The first-order valence-corrected chi connectivity index (χ1v) is 14.8. The van der Waals surface area contributed by atoms with Crippen LogP contribution in [0, 0.1) is 23.6 Å². The highest BCUT2D eigenvalue weighted by atomic mass is 32.2. The van der Waals surface area contributed by atoms with Crippen LogP contribution >= 0.6 is 0 Å². The van der Waals surface area contributed by atoms with E-state index >= 15 is 0 Å². The highest BCUT2D eigenvalue weighted by molar-refractivity contribution is 7.92. The Morgan fingerprint density at radius 2 is 1.64 bits per heavy atom. The largest absolute Gasteiger partial charge is 0.501 e. The Morgan fingerprint density at radius 3 is 2.29 bits per heavy atom. The number of carbonyl (C=O) groups excluding carboxylic acids is 2. The highest BCUT2D eigenvalue weighted by Gasteiger charge is 2.49. The summed E-state index contributed by atoms with van der Waals surface area (Å²) in [7, 11) is -4.43. The number of rotatable bonds is 9. The lowest BCUT2D eigenvalue weighted by molar-refractivity contribution is -0.121. The third-order valence-corrected chi connectivity index (χ3v) is 9.09. The minimum Gasteiger partial charge on any atom is -0.496 e. The van der Waals surface area contributed by atoms with Crippen molar-refractivity contribution in [3.05, 3.63) is 89.8 Å². The standard InChI is InChI=1S/C30H24F4N2O8S/c1-43-23-14-22(31)24(44-19-9-7-15(8-10-19)29(39)40)13-21(23)27(37)36-26-17-6-5-16(11-17)25(26)28(38)35-18-3-2-4-20(12-18)45(41,42)30(32,33)34/h2-10,12-14,16-17,25-26H,11H2,1H3,(H,35,38)(H,36,37)(H,39,40)/t16-,17+,25+,26-/m0/s1. The predicted molar refractivity (Wildman–Crippen MR) is 150 cm³/mol. The van der Waals surface area contributed by atoms with E-state index in [-0.39, 0.29) is 45.9 Å². The van der Waals surface area contributed by atoms with Crippen LogP contribution in [-0.4, -0.2) is 50.0 Å². The lowest BCUT2D eigenvalue weighted by atomic mass is 9.87. The highest BCUT2D eigenvalue weighted by Crippen LogP contribution is 2.45. The van der Waals surface area contributed by atoms with Gasteiger partial charge in [-0.3, -0.25) is 9.59 Å². The number of hydrogen-bond donors (Lipinski definition) is 3. The van der Waals surface area contributed by atoms with Gasteiger partial charge in [-0.25, -0.2) is 17.6 Å². The number of alkyl halides is 3. The number of nitrogens with one attached hydrogen (secondary N) is 2. The van der Waals surface area contributed by atoms with Crippen molar-refractivity contribution in [1.82, 2.24) is 5.32 Å². The van der Waals surface area contributed by atoms with Crippen LogP contribution in [0.15, 0.2) is 77.7 Å². The average molecular weight is 649 g/mol. The summed E-state index contributed by atoms with van der Waals surface area (Å²) >= 11 is 0. The molecular weight excluding hydrogens is 624 g/mol. The van der Waals surface area contributed by atoms with Gasteiger partial charge in [0.25, 0.3) is 15.7 Å². The molecule has 0 unspecified atom stereocenters. The molecule has 45 heavy (non-hydrogen) atoms. The number of sulfone groups is 1. The number of amides is 2. The lowest BCUT2D eigenvalue weighted by Crippen LogP contribution is -2.47. The first-order valence-electron chi connectivity index (χ1n) is 13.3. The van der Waals surface area contributed by atoms with Crippen molar-refractivity contribution in [3.63, 3.8) is 0 Å². The van der Waals surface area contributed by atoms with Gasteiger partial charge in [-0.05, 0) is 60.7 Å². The van der Waals surface area contributed by atoms with Crippen molar-refractivity contribution in [3.8, 4) is 17.2 Å². The molecule has 1 fully saturated rings. The molecule has 0 aromatic heterocycles. The first kappa shape index (κ1) is 31.5. The maximum atomic E-state index is 14.9. The van der Waals surface area contributed by atoms with E-state index in [0.29, 0.717) is 12.5 Å². The molecule has 3 N–H and O–H groups in total. The summed E-state index contributed by atoms with van der Waals surface area (Å²) in [6, 6.07) is 10.2. The summed E-state index contributed by atoms with van der Waals surface area (Å²) in [5.41, 5.74) is -5.86.